The Balaban J connectivity index is 1.57. The van der Waals surface area contributed by atoms with Crippen molar-refractivity contribution in [3.63, 3.8) is 0 Å². The van der Waals surface area contributed by atoms with E-state index in [0.29, 0.717) is 10.8 Å². The van der Waals surface area contributed by atoms with Crippen LogP contribution in [0.1, 0.15) is 18.0 Å². The van der Waals surface area contributed by atoms with Crippen molar-refractivity contribution >= 4 is 29.3 Å². The van der Waals surface area contributed by atoms with Gasteiger partial charge in [-0.15, -0.1) is 11.8 Å². The third-order valence-electron chi connectivity index (χ3n) is 3.48. The molecule has 0 aromatic heterocycles. The van der Waals surface area contributed by atoms with Gasteiger partial charge in [-0.25, -0.2) is 0 Å². The van der Waals surface area contributed by atoms with Crippen LogP contribution >= 0.6 is 23.4 Å². The van der Waals surface area contributed by atoms with E-state index in [2.05, 4.69) is 17.4 Å². The molecule has 2 aromatic rings. The molecule has 0 radical (unpaired) electrons. The lowest BCUT2D eigenvalue weighted by Crippen LogP contribution is -2.34. The number of amides is 1. The molecule has 0 spiro atoms. The van der Waals surface area contributed by atoms with Crippen LogP contribution in [0.25, 0.3) is 0 Å². The molecule has 1 atom stereocenters. The number of halogens is 1. The second-order valence-corrected chi connectivity index (χ2v) is 6.61. The minimum Gasteiger partial charge on any atom is -0.484 e. The van der Waals surface area contributed by atoms with Gasteiger partial charge in [0.25, 0.3) is 5.91 Å². The average molecular weight is 334 g/mol. The number of fused-ring (bicyclic) bond motifs is 1. The van der Waals surface area contributed by atoms with Gasteiger partial charge >= 0.3 is 0 Å². The highest BCUT2D eigenvalue weighted by atomic mass is 35.5. The molecule has 1 N–H and O–H groups in total. The van der Waals surface area contributed by atoms with Gasteiger partial charge in [0, 0.05) is 15.7 Å². The number of hydrogen-bond acceptors (Lipinski definition) is 3. The zero-order chi connectivity index (χ0) is 15.4. The van der Waals surface area contributed by atoms with E-state index < -0.39 is 0 Å². The highest BCUT2D eigenvalue weighted by Crippen LogP contribution is 2.35. The summed E-state index contributed by atoms with van der Waals surface area (Å²) in [6.45, 7) is 0.00738. The zero-order valence-corrected chi connectivity index (χ0v) is 13.5. The van der Waals surface area contributed by atoms with Crippen LogP contribution in [0.4, 0.5) is 0 Å². The van der Waals surface area contributed by atoms with Gasteiger partial charge in [-0.05, 0) is 42.3 Å². The van der Waals surface area contributed by atoms with Crippen molar-refractivity contribution in [2.24, 2.45) is 0 Å². The van der Waals surface area contributed by atoms with Crippen molar-refractivity contribution in [3.8, 4) is 5.75 Å². The second kappa shape index (κ2) is 7.07. The molecule has 0 fully saturated rings. The van der Waals surface area contributed by atoms with Gasteiger partial charge in [0.1, 0.15) is 5.75 Å². The first-order valence-corrected chi connectivity index (χ1v) is 8.48. The standard InChI is InChI=1S/C17H16ClNO2S/c18-12-5-7-13(8-6-12)21-11-17(20)19-15-9-10-22-16-4-2-1-3-14(15)16/h1-8,15H,9-11H2,(H,19,20)/t15-/m0/s1. The number of ether oxygens (including phenoxy) is 1. The summed E-state index contributed by atoms with van der Waals surface area (Å²) < 4.78 is 5.48. The Kier molecular flexibility index (Phi) is 4.90. The van der Waals surface area contributed by atoms with Crippen molar-refractivity contribution in [2.45, 2.75) is 17.4 Å². The monoisotopic (exact) mass is 333 g/mol. The number of nitrogens with one attached hydrogen (secondary N) is 1. The van der Waals surface area contributed by atoms with Crippen LogP contribution in [0.2, 0.25) is 5.02 Å². The summed E-state index contributed by atoms with van der Waals surface area (Å²) >= 11 is 7.65. The summed E-state index contributed by atoms with van der Waals surface area (Å²) in [4.78, 5) is 13.3. The predicted molar refractivity (Wildman–Crippen MR) is 89.6 cm³/mol. The average Bonchev–Trinajstić information content (AvgIpc) is 2.55. The maximum atomic E-state index is 12.1. The molecular weight excluding hydrogens is 318 g/mol. The summed E-state index contributed by atoms with van der Waals surface area (Å²) in [5.41, 5.74) is 1.19. The van der Waals surface area contributed by atoms with Gasteiger partial charge in [-0.3, -0.25) is 4.79 Å². The summed E-state index contributed by atoms with van der Waals surface area (Å²) in [7, 11) is 0. The molecule has 1 aliphatic heterocycles. The van der Waals surface area contributed by atoms with Crippen molar-refractivity contribution in [1.82, 2.24) is 5.32 Å². The summed E-state index contributed by atoms with van der Waals surface area (Å²) in [5.74, 6) is 1.54. The number of hydrogen-bond donors (Lipinski definition) is 1. The van der Waals surface area contributed by atoms with Gasteiger partial charge in [0.05, 0.1) is 6.04 Å². The Hall–Kier alpha value is -1.65. The molecule has 22 heavy (non-hydrogen) atoms. The van der Waals surface area contributed by atoms with Crippen LogP contribution in [0.15, 0.2) is 53.4 Å². The molecule has 0 bridgehead atoms. The number of benzene rings is 2. The molecular formula is C17H16ClNO2S. The molecule has 0 aliphatic carbocycles. The largest absolute Gasteiger partial charge is 0.484 e. The second-order valence-electron chi connectivity index (χ2n) is 5.04. The van der Waals surface area contributed by atoms with E-state index in [4.69, 9.17) is 16.3 Å². The third-order valence-corrected chi connectivity index (χ3v) is 4.85. The fraction of sp³-hybridized carbons (Fsp3) is 0.235. The Bertz CT molecular complexity index is 660. The van der Waals surface area contributed by atoms with Crippen molar-refractivity contribution in [1.29, 1.82) is 0 Å². The fourth-order valence-corrected chi connectivity index (χ4v) is 3.66. The molecule has 1 heterocycles. The lowest BCUT2D eigenvalue weighted by molar-refractivity contribution is -0.123. The number of thioether (sulfide) groups is 1. The van der Waals surface area contributed by atoms with Gasteiger partial charge in [0.15, 0.2) is 6.61 Å². The summed E-state index contributed by atoms with van der Waals surface area (Å²) in [5, 5.41) is 3.70. The number of carbonyl (C=O) groups is 1. The van der Waals surface area contributed by atoms with E-state index in [1.165, 1.54) is 10.5 Å². The Morgan fingerprint density at radius 2 is 2.00 bits per heavy atom. The number of carbonyl (C=O) groups excluding carboxylic acids is 1. The number of rotatable bonds is 4. The van der Waals surface area contributed by atoms with Crippen molar-refractivity contribution < 1.29 is 9.53 Å². The van der Waals surface area contributed by atoms with Crippen LogP contribution in [0.3, 0.4) is 0 Å². The molecule has 3 rings (SSSR count). The molecule has 114 valence electrons. The fourth-order valence-electron chi connectivity index (χ4n) is 2.41. The molecule has 5 heteroatoms. The van der Waals surface area contributed by atoms with E-state index in [-0.39, 0.29) is 18.6 Å². The molecule has 1 amide bonds. The maximum absolute atomic E-state index is 12.1. The molecule has 2 aromatic carbocycles. The first kappa shape index (κ1) is 15.3. The highest BCUT2D eigenvalue weighted by molar-refractivity contribution is 7.99. The van der Waals surface area contributed by atoms with Crippen molar-refractivity contribution in [3.05, 3.63) is 59.1 Å². The topological polar surface area (TPSA) is 38.3 Å². The lowest BCUT2D eigenvalue weighted by Gasteiger charge is -2.25. The van der Waals surface area contributed by atoms with Gasteiger partial charge in [-0.2, -0.15) is 0 Å². The minimum atomic E-state index is -0.110. The molecule has 0 saturated carbocycles. The highest BCUT2D eigenvalue weighted by Gasteiger charge is 2.21. The lowest BCUT2D eigenvalue weighted by atomic mass is 10.0. The van der Waals surface area contributed by atoms with Gasteiger partial charge < -0.3 is 10.1 Å². The molecule has 0 unspecified atom stereocenters. The Morgan fingerprint density at radius 3 is 2.82 bits per heavy atom. The van der Waals surface area contributed by atoms with Crippen LogP contribution in [-0.2, 0) is 4.79 Å². The smallest absolute Gasteiger partial charge is 0.258 e. The predicted octanol–water partition coefficient (Wildman–Crippen LogP) is 4.07. The first-order chi connectivity index (χ1) is 10.7. The van der Waals surface area contributed by atoms with Crippen LogP contribution < -0.4 is 10.1 Å². The SMILES string of the molecule is O=C(COc1ccc(Cl)cc1)N[C@H]1CCSc2ccccc21. The van der Waals surface area contributed by atoms with Gasteiger partial charge in [-0.1, -0.05) is 29.8 Å². The molecule has 0 saturated heterocycles. The van der Waals surface area contributed by atoms with E-state index >= 15 is 0 Å². The Morgan fingerprint density at radius 1 is 1.23 bits per heavy atom. The van der Waals surface area contributed by atoms with Crippen molar-refractivity contribution in [2.75, 3.05) is 12.4 Å². The van der Waals surface area contributed by atoms with Crippen LogP contribution in [-0.4, -0.2) is 18.3 Å². The third kappa shape index (κ3) is 3.76. The van der Waals surface area contributed by atoms with E-state index in [1.54, 1.807) is 24.3 Å². The van der Waals surface area contributed by atoms with E-state index in [1.807, 2.05) is 23.9 Å². The Labute approximate surface area is 139 Å². The van der Waals surface area contributed by atoms with Crippen LogP contribution in [0, 0.1) is 0 Å². The maximum Gasteiger partial charge on any atom is 0.258 e. The molecule has 1 aliphatic rings. The summed E-state index contributed by atoms with van der Waals surface area (Å²) in [6.07, 6.45) is 0.939. The van der Waals surface area contributed by atoms with Crippen LogP contribution in [0.5, 0.6) is 5.75 Å². The molecule has 3 nitrogen and oxygen atoms in total. The van der Waals surface area contributed by atoms with E-state index in [9.17, 15) is 4.79 Å². The minimum absolute atomic E-state index is 0.00738. The quantitative estimate of drug-likeness (QED) is 0.916. The first-order valence-electron chi connectivity index (χ1n) is 7.12. The summed E-state index contributed by atoms with van der Waals surface area (Å²) in [6, 6.07) is 15.3. The van der Waals surface area contributed by atoms with Gasteiger partial charge in [0.2, 0.25) is 0 Å². The van der Waals surface area contributed by atoms with E-state index in [0.717, 1.165) is 12.2 Å². The normalized spacial score (nSPS) is 16.7. The zero-order valence-electron chi connectivity index (χ0n) is 11.9.